The lowest BCUT2D eigenvalue weighted by atomic mass is 9.79. The van der Waals surface area contributed by atoms with E-state index in [0.717, 1.165) is 25.5 Å². The van der Waals surface area contributed by atoms with Crippen molar-refractivity contribution in [1.82, 2.24) is 4.90 Å². The molecule has 23 heavy (non-hydrogen) atoms. The van der Waals surface area contributed by atoms with E-state index < -0.39 is 11.7 Å². The smallest absolute Gasteiger partial charge is 0.381 e. The summed E-state index contributed by atoms with van der Waals surface area (Å²) in [6.07, 6.45) is -1.58. The van der Waals surface area contributed by atoms with E-state index in [1.54, 1.807) is 11.0 Å². The summed E-state index contributed by atoms with van der Waals surface area (Å²) in [7, 11) is 0. The highest BCUT2D eigenvalue weighted by Gasteiger charge is 2.41. The number of rotatable bonds is 3. The SMILES string of the molecule is O=C1CC[C@]2(CCOC2)CN1CCc1cccc(C(F)(F)F)c1. The zero-order valence-corrected chi connectivity index (χ0v) is 12.9. The molecule has 1 amide bonds. The van der Waals surface area contributed by atoms with Crippen LogP contribution in [0.1, 0.15) is 30.4 Å². The lowest BCUT2D eigenvalue weighted by Crippen LogP contribution is -2.47. The minimum atomic E-state index is -4.33. The summed E-state index contributed by atoms with van der Waals surface area (Å²) >= 11 is 0. The fourth-order valence-corrected chi connectivity index (χ4v) is 3.44. The number of hydrogen-bond donors (Lipinski definition) is 0. The van der Waals surface area contributed by atoms with Gasteiger partial charge in [-0.15, -0.1) is 0 Å². The molecule has 0 N–H and O–H groups in total. The van der Waals surface area contributed by atoms with Crippen LogP contribution in [0.3, 0.4) is 0 Å². The summed E-state index contributed by atoms with van der Waals surface area (Å²) in [4.78, 5) is 13.9. The number of hydrogen-bond acceptors (Lipinski definition) is 2. The second-order valence-electron chi connectivity index (χ2n) is 6.57. The normalized spacial score (nSPS) is 25.3. The standard InChI is InChI=1S/C17H20F3NO2/c18-17(19,20)14-3-1-2-13(10-14)5-8-21-11-16(6-4-15(21)22)7-9-23-12-16/h1-3,10H,4-9,11-12H2/t16-/m0/s1. The third-order valence-electron chi connectivity index (χ3n) is 4.86. The number of nitrogens with zero attached hydrogens (tertiary/aromatic N) is 1. The van der Waals surface area contributed by atoms with E-state index in [4.69, 9.17) is 4.74 Å². The first kappa shape index (κ1) is 16.3. The zero-order chi connectivity index (χ0) is 16.5. The van der Waals surface area contributed by atoms with Gasteiger partial charge in [-0.2, -0.15) is 13.2 Å². The number of carbonyl (C=O) groups excluding carboxylic acids is 1. The number of halogens is 3. The summed E-state index contributed by atoms with van der Waals surface area (Å²) in [5.41, 5.74) is 0.0254. The molecule has 2 saturated heterocycles. The van der Waals surface area contributed by atoms with E-state index in [1.807, 2.05) is 0 Å². The van der Waals surface area contributed by atoms with Crippen LogP contribution >= 0.6 is 0 Å². The second-order valence-corrected chi connectivity index (χ2v) is 6.57. The molecule has 1 atom stereocenters. The first-order valence-corrected chi connectivity index (χ1v) is 7.90. The number of amides is 1. The van der Waals surface area contributed by atoms with Gasteiger partial charge in [0.05, 0.1) is 12.2 Å². The molecule has 0 bridgehead atoms. The van der Waals surface area contributed by atoms with Crippen molar-refractivity contribution in [1.29, 1.82) is 0 Å². The zero-order valence-electron chi connectivity index (χ0n) is 12.9. The predicted molar refractivity (Wildman–Crippen MR) is 78.8 cm³/mol. The molecule has 1 aromatic carbocycles. The Labute approximate surface area is 133 Å². The summed E-state index contributed by atoms with van der Waals surface area (Å²) in [5.74, 6) is 0.0921. The molecule has 3 nitrogen and oxygen atoms in total. The summed E-state index contributed by atoms with van der Waals surface area (Å²) in [6, 6.07) is 5.34. The minimum Gasteiger partial charge on any atom is -0.381 e. The maximum Gasteiger partial charge on any atom is 0.416 e. The minimum absolute atomic E-state index is 0.0573. The van der Waals surface area contributed by atoms with E-state index in [0.29, 0.717) is 38.1 Å². The van der Waals surface area contributed by atoms with Gasteiger partial charge in [-0.25, -0.2) is 0 Å². The monoisotopic (exact) mass is 327 g/mol. The summed E-state index contributed by atoms with van der Waals surface area (Å²) in [5, 5.41) is 0. The van der Waals surface area contributed by atoms with Crippen LogP contribution in [-0.2, 0) is 22.1 Å². The number of alkyl halides is 3. The lowest BCUT2D eigenvalue weighted by Gasteiger charge is -2.39. The molecular formula is C17H20F3NO2. The average molecular weight is 327 g/mol. The molecule has 6 heteroatoms. The van der Waals surface area contributed by atoms with Crippen molar-refractivity contribution < 1.29 is 22.7 Å². The van der Waals surface area contributed by atoms with Gasteiger partial charge in [-0.1, -0.05) is 18.2 Å². The van der Waals surface area contributed by atoms with Crippen molar-refractivity contribution in [2.45, 2.75) is 31.9 Å². The Morgan fingerprint density at radius 2 is 2.09 bits per heavy atom. The second kappa shape index (κ2) is 6.15. The lowest BCUT2D eigenvalue weighted by molar-refractivity contribution is -0.138. The average Bonchev–Trinajstić information content (AvgIpc) is 2.96. The third kappa shape index (κ3) is 3.68. The Hall–Kier alpha value is -1.56. The van der Waals surface area contributed by atoms with Crippen LogP contribution in [0.25, 0.3) is 0 Å². The molecule has 2 heterocycles. The van der Waals surface area contributed by atoms with Crippen molar-refractivity contribution in [3.05, 3.63) is 35.4 Å². The van der Waals surface area contributed by atoms with Crippen LogP contribution in [0, 0.1) is 5.41 Å². The summed E-state index contributed by atoms with van der Waals surface area (Å²) < 4.78 is 43.7. The van der Waals surface area contributed by atoms with E-state index in [1.165, 1.54) is 12.1 Å². The van der Waals surface area contributed by atoms with Crippen molar-refractivity contribution >= 4 is 5.91 Å². The Kier molecular flexibility index (Phi) is 4.36. The van der Waals surface area contributed by atoms with Gasteiger partial charge in [-0.05, 0) is 30.9 Å². The Balaban J connectivity index is 1.64. The fraction of sp³-hybridized carbons (Fsp3) is 0.588. The molecule has 126 valence electrons. The van der Waals surface area contributed by atoms with Crippen LogP contribution in [0.4, 0.5) is 13.2 Å². The van der Waals surface area contributed by atoms with Gasteiger partial charge in [0, 0.05) is 31.5 Å². The number of benzene rings is 1. The van der Waals surface area contributed by atoms with Gasteiger partial charge in [0.1, 0.15) is 0 Å². The first-order chi connectivity index (χ1) is 10.9. The summed E-state index contributed by atoms with van der Waals surface area (Å²) in [6.45, 7) is 2.53. The fourth-order valence-electron chi connectivity index (χ4n) is 3.44. The van der Waals surface area contributed by atoms with Crippen molar-refractivity contribution in [3.8, 4) is 0 Å². The maximum absolute atomic E-state index is 12.7. The van der Waals surface area contributed by atoms with Gasteiger partial charge >= 0.3 is 6.18 Å². The van der Waals surface area contributed by atoms with Gasteiger partial charge in [0.25, 0.3) is 0 Å². The van der Waals surface area contributed by atoms with Crippen molar-refractivity contribution in [3.63, 3.8) is 0 Å². The van der Waals surface area contributed by atoms with E-state index in [-0.39, 0.29) is 11.3 Å². The molecule has 2 aliphatic heterocycles. The molecule has 1 spiro atoms. The van der Waals surface area contributed by atoms with Gasteiger partial charge in [-0.3, -0.25) is 4.79 Å². The number of piperidine rings is 1. The molecule has 0 unspecified atom stereocenters. The first-order valence-electron chi connectivity index (χ1n) is 7.90. The predicted octanol–water partition coefficient (Wildman–Crippen LogP) is 3.28. The molecule has 3 rings (SSSR count). The topological polar surface area (TPSA) is 29.5 Å². The molecular weight excluding hydrogens is 307 g/mol. The number of ether oxygens (including phenoxy) is 1. The highest BCUT2D eigenvalue weighted by atomic mass is 19.4. The Morgan fingerprint density at radius 3 is 2.78 bits per heavy atom. The van der Waals surface area contributed by atoms with Crippen molar-refractivity contribution in [2.75, 3.05) is 26.3 Å². The largest absolute Gasteiger partial charge is 0.416 e. The van der Waals surface area contributed by atoms with E-state index >= 15 is 0 Å². The van der Waals surface area contributed by atoms with Crippen molar-refractivity contribution in [2.24, 2.45) is 5.41 Å². The Morgan fingerprint density at radius 1 is 1.26 bits per heavy atom. The van der Waals surface area contributed by atoms with Gasteiger partial charge in [0.2, 0.25) is 5.91 Å². The van der Waals surface area contributed by atoms with Crippen LogP contribution < -0.4 is 0 Å². The highest BCUT2D eigenvalue weighted by Crippen LogP contribution is 2.38. The van der Waals surface area contributed by atoms with Gasteiger partial charge in [0.15, 0.2) is 0 Å². The van der Waals surface area contributed by atoms with Crippen LogP contribution in [-0.4, -0.2) is 37.1 Å². The van der Waals surface area contributed by atoms with Crippen LogP contribution in [0.15, 0.2) is 24.3 Å². The van der Waals surface area contributed by atoms with E-state index in [2.05, 4.69) is 0 Å². The molecule has 0 saturated carbocycles. The van der Waals surface area contributed by atoms with Gasteiger partial charge < -0.3 is 9.64 Å². The van der Waals surface area contributed by atoms with Crippen LogP contribution in [0.2, 0.25) is 0 Å². The maximum atomic E-state index is 12.7. The molecule has 0 radical (unpaired) electrons. The van der Waals surface area contributed by atoms with E-state index in [9.17, 15) is 18.0 Å². The Bertz CT molecular complexity index is 579. The number of carbonyl (C=O) groups is 1. The molecule has 0 aliphatic carbocycles. The molecule has 0 aromatic heterocycles. The highest BCUT2D eigenvalue weighted by molar-refractivity contribution is 5.77. The molecule has 2 aliphatic rings. The van der Waals surface area contributed by atoms with Crippen LogP contribution in [0.5, 0.6) is 0 Å². The quantitative estimate of drug-likeness (QED) is 0.853. The molecule has 1 aromatic rings. The number of likely N-dealkylation sites (tertiary alicyclic amines) is 1. The molecule has 2 fully saturated rings. The third-order valence-corrected chi connectivity index (χ3v) is 4.86.